The topological polar surface area (TPSA) is 57.8 Å². The summed E-state index contributed by atoms with van der Waals surface area (Å²) < 4.78 is 0. The molecule has 0 spiro atoms. The van der Waals surface area contributed by atoms with Crippen molar-refractivity contribution in [1.82, 2.24) is 10.2 Å². The second-order valence-electron chi connectivity index (χ2n) is 4.09. The number of halogens is 1. The van der Waals surface area contributed by atoms with Crippen molar-refractivity contribution in [2.45, 2.75) is 32.2 Å². The van der Waals surface area contributed by atoms with Gasteiger partial charge in [0.25, 0.3) is 5.56 Å². The zero-order chi connectivity index (χ0) is 10.8. The molecule has 0 amide bonds. The molecule has 1 aliphatic rings. The highest BCUT2D eigenvalue weighted by molar-refractivity contribution is 6.32. The lowest BCUT2D eigenvalue weighted by Crippen LogP contribution is -2.23. The monoisotopic (exact) mass is 227 g/mol. The molecular weight excluding hydrogens is 214 g/mol. The minimum absolute atomic E-state index is 0.198. The Morgan fingerprint density at radius 2 is 2.40 bits per heavy atom. The van der Waals surface area contributed by atoms with Crippen LogP contribution in [-0.4, -0.2) is 16.2 Å². The van der Waals surface area contributed by atoms with Gasteiger partial charge in [0.05, 0.1) is 11.9 Å². The molecule has 2 N–H and O–H groups in total. The zero-order valence-corrected chi connectivity index (χ0v) is 9.34. The average Bonchev–Trinajstić information content (AvgIpc) is 2.60. The van der Waals surface area contributed by atoms with Crippen LogP contribution in [-0.2, 0) is 0 Å². The third-order valence-electron chi connectivity index (χ3n) is 3.00. The van der Waals surface area contributed by atoms with Crippen LogP contribution in [0.4, 0.5) is 5.69 Å². The molecular formula is C10H14ClN3O. The lowest BCUT2D eigenvalue weighted by molar-refractivity contribution is 0.556. The molecule has 1 aliphatic carbocycles. The molecule has 0 saturated heterocycles. The van der Waals surface area contributed by atoms with Crippen molar-refractivity contribution < 1.29 is 0 Å². The van der Waals surface area contributed by atoms with Gasteiger partial charge in [0, 0.05) is 6.04 Å². The van der Waals surface area contributed by atoms with Gasteiger partial charge >= 0.3 is 0 Å². The largest absolute Gasteiger partial charge is 0.379 e. The van der Waals surface area contributed by atoms with Gasteiger partial charge in [-0.15, -0.1) is 0 Å². The quantitative estimate of drug-likeness (QED) is 0.813. The first-order valence-corrected chi connectivity index (χ1v) is 5.56. The van der Waals surface area contributed by atoms with E-state index >= 15 is 0 Å². The average molecular weight is 228 g/mol. The van der Waals surface area contributed by atoms with Crippen LogP contribution in [0.1, 0.15) is 26.2 Å². The lowest BCUT2D eigenvalue weighted by atomic mass is 10.1. The van der Waals surface area contributed by atoms with Crippen LogP contribution >= 0.6 is 11.6 Å². The molecule has 0 radical (unpaired) electrons. The Labute approximate surface area is 93.0 Å². The summed E-state index contributed by atoms with van der Waals surface area (Å²) in [5.41, 5.74) is 0.298. The van der Waals surface area contributed by atoms with Gasteiger partial charge in [0.1, 0.15) is 5.02 Å². The Kier molecular flexibility index (Phi) is 2.95. The van der Waals surface area contributed by atoms with Gasteiger partial charge in [-0.05, 0) is 18.8 Å². The van der Waals surface area contributed by atoms with Gasteiger partial charge in [-0.25, -0.2) is 5.10 Å². The number of anilines is 1. The predicted octanol–water partition coefficient (Wildman–Crippen LogP) is 2.02. The summed E-state index contributed by atoms with van der Waals surface area (Å²) in [4.78, 5) is 11.2. The van der Waals surface area contributed by atoms with E-state index in [9.17, 15) is 4.79 Å². The van der Waals surface area contributed by atoms with E-state index in [1.165, 1.54) is 12.8 Å². The first kappa shape index (κ1) is 10.5. The molecule has 0 aromatic carbocycles. The maximum atomic E-state index is 11.2. The molecule has 1 heterocycles. The van der Waals surface area contributed by atoms with Crippen molar-refractivity contribution in [3.05, 3.63) is 21.6 Å². The van der Waals surface area contributed by atoms with E-state index in [4.69, 9.17) is 11.6 Å². The summed E-state index contributed by atoms with van der Waals surface area (Å²) in [7, 11) is 0. The molecule has 1 aromatic rings. The Balaban J connectivity index is 2.17. The van der Waals surface area contributed by atoms with Crippen LogP contribution in [0.3, 0.4) is 0 Å². The Morgan fingerprint density at radius 1 is 1.60 bits per heavy atom. The van der Waals surface area contributed by atoms with Crippen LogP contribution in [0.15, 0.2) is 11.0 Å². The van der Waals surface area contributed by atoms with Crippen molar-refractivity contribution in [1.29, 1.82) is 0 Å². The molecule has 1 aromatic heterocycles. The highest BCUT2D eigenvalue weighted by Gasteiger charge is 2.23. The predicted molar refractivity (Wildman–Crippen MR) is 60.3 cm³/mol. The van der Waals surface area contributed by atoms with Crippen LogP contribution in [0.25, 0.3) is 0 Å². The van der Waals surface area contributed by atoms with Crippen LogP contribution in [0.2, 0.25) is 5.02 Å². The van der Waals surface area contributed by atoms with Crippen molar-refractivity contribution in [3.63, 3.8) is 0 Å². The second-order valence-corrected chi connectivity index (χ2v) is 4.46. The van der Waals surface area contributed by atoms with E-state index in [-0.39, 0.29) is 10.6 Å². The van der Waals surface area contributed by atoms with Gasteiger partial charge in [0.15, 0.2) is 0 Å². The zero-order valence-electron chi connectivity index (χ0n) is 8.59. The highest BCUT2D eigenvalue weighted by atomic mass is 35.5. The van der Waals surface area contributed by atoms with Crippen LogP contribution in [0, 0.1) is 5.92 Å². The van der Waals surface area contributed by atoms with Crippen LogP contribution < -0.4 is 10.9 Å². The Hall–Kier alpha value is -1.03. The number of H-pyrrole nitrogens is 1. The van der Waals surface area contributed by atoms with E-state index < -0.39 is 0 Å². The number of rotatable bonds is 2. The molecule has 0 aliphatic heterocycles. The standard InChI is InChI=1S/C10H14ClN3O/c1-6-3-2-4-7(6)13-8-5-12-14-10(15)9(8)11/h5-7H,2-4H2,1H3,(H2,13,14,15). The van der Waals surface area contributed by atoms with Gasteiger partial charge < -0.3 is 5.32 Å². The van der Waals surface area contributed by atoms with E-state index in [0.29, 0.717) is 17.6 Å². The smallest absolute Gasteiger partial charge is 0.285 e. The minimum Gasteiger partial charge on any atom is -0.379 e. The van der Waals surface area contributed by atoms with Gasteiger partial charge in [0.2, 0.25) is 0 Å². The molecule has 2 rings (SSSR count). The second kappa shape index (κ2) is 4.23. The third-order valence-corrected chi connectivity index (χ3v) is 3.37. The summed E-state index contributed by atoms with van der Waals surface area (Å²) in [6.45, 7) is 2.21. The minimum atomic E-state index is -0.340. The SMILES string of the molecule is CC1CCCC1Nc1cn[nH]c(=O)c1Cl. The number of aromatic nitrogens is 2. The molecule has 0 bridgehead atoms. The van der Waals surface area contributed by atoms with E-state index in [0.717, 1.165) is 6.42 Å². The molecule has 2 atom stereocenters. The molecule has 82 valence electrons. The van der Waals surface area contributed by atoms with Gasteiger partial charge in [-0.3, -0.25) is 4.79 Å². The number of nitrogens with zero attached hydrogens (tertiary/aromatic N) is 1. The number of nitrogens with one attached hydrogen (secondary N) is 2. The van der Waals surface area contributed by atoms with Crippen molar-refractivity contribution in [2.24, 2.45) is 5.92 Å². The van der Waals surface area contributed by atoms with Gasteiger partial charge in [-0.2, -0.15) is 5.10 Å². The molecule has 15 heavy (non-hydrogen) atoms. The maximum absolute atomic E-state index is 11.2. The Morgan fingerprint density at radius 3 is 3.07 bits per heavy atom. The molecule has 1 saturated carbocycles. The maximum Gasteiger partial charge on any atom is 0.285 e. The van der Waals surface area contributed by atoms with Crippen molar-refractivity contribution >= 4 is 17.3 Å². The third kappa shape index (κ3) is 2.15. The molecule has 1 fully saturated rings. The summed E-state index contributed by atoms with van der Waals surface area (Å²) in [5, 5.41) is 9.51. The first-order chi connectivity index (χ1) is 7.18. The number of hydrogen-bond acceptors (Lipinski definition) is 3. The van der Waals surface area contributed by atoms with Crippen molar-refractivity contribution in [3.8, 4) is 0 Å². The summed E-state index contributed by atoms with van der Waals surface area (Å²) in [5.74, 6) is 0.625. The summed E-state index contributed by atoms with van der Waals surface area (Å²) in [6.07, 6.45) is 5.15. The molecule has 5 heteroatoms. The first-order valence-electron chi connectivity index (χ1n) is 5.18. The fraction of sp³-hybridized carbons (Fsp3) is 0.600. The van der Waals surface area contributed by atoms with Gasteiger partial charge in [-0.1, -0.05) is 24.9 Å². The number of aromatic amines is 1. The fourth-order valence-corrected chi connectivity index (χ4v) is 2.19. The molecule has 2 unspecified atom stereocenters. The summed E-state index contributed by atoms with van der Waals surface area (Å²) >= 11 is 5.87. The fourth-order valence-electron chi connectivity index (χ4n) is 2.04. The van der Waals surface area contributed by atoms with Crippen LogP contribution in [0.5, 0.6) is 0 Å². The Bertz CT molecular complexity index is 404. The van der Waals surface area contributed by atoms with E-state index in [1.54, 1.807) is 6.20 Å². The summed E-state index contributed by atoms with van der Waals surface area (Å²) in [6, 6.07) is 0.408. The number of hydrogen-bond donors (Lipinski definition) is 2. The van der Waals surface area contributed by atoms with E-state index in [1.807, 2.05) is 0 Å². The molecule has 4 nitrogen and oxygen atoms in total. The van der Waals surface area contributed by atoms with Crippen molar-refractivity contribution in [2.75, 3.05) is 5.32 Å². The van der Waals surface area contributed by atoms with E-state index in [2.05, 4.69) is 22.4 Å². The highest BCUT2D eigenvalue weighted by Crippen LogP contribution is 2.29. The normalized spacial score (nSPS) is 25.5. The lowest BCUT2D eigenvalue weighted by Gasteiger charge is -2.18.